The van der Waals surface area contributed by atoms with Gasteiger partial charge in [-0.2, -0.15) is 0 Å². The molecule has 0 spiro atoms. The fourth-order valence-electron chi connectivity index (χ4n) is 1.79. The maximum absolute atomic E-state index is 5.56. The Morgan fingerprint density at radius 3 is 2.29 bits per heavy atom. The predicted molar refractivity (Wildman–Crippen MR) is 75.0 cm³/mol. The van der Waals surface area contributed by atoms with Crippen molar-refractivity contribution >= 4 is 0 Å². The average molecular weight is 239 g/mol. The van der Waals surface area contributed by atoms with Crippen LogP contribution in [0.1, 0.15) is 53.9 Å². The van der Waals surface area contributed by atoms with E-state index >= 15 is 0 Å². The lowest BCUT2D eigenvalue weighted by Crippen LogP contribution is -2.40. The van der Waals surface area contributed by atoms with Crippen LogP contribution < -0.4 is 5.32 Å². The third-order valence-corrected chi connectivity index (χ3v) is 2.58. The van der Waals surface area contributed by atoms with Gasteiger partial charge in [-0.3, -0.25) is 0 Å². The van der Waals surface area contributed by atoms with Gasteiger partial charge in [0.1, 0.15) is 0 Å². The molecule has 0 aliphatic rings. The summed E-state index contributed by atoms with van der Waals surface area (Å²) in [7, 11) is 1.79. The normalized spacial score (nSPS) is 14.9. The van der Waals surface area contributed by atoms with E-state index in [1.165, 1.54) is 0 Å². The standard InChI is InChI=1S/C15H29NO/c1-7-10-14(17-6)13(16-8-2)11-9-12-15(3,4)5/h13-14,16H,7-8,10-11H2,1-6H3. The highest BCUT2D eigenvalue weighted by Crippen LogP contribution is 2.12. The zero-order valence-corrected chi connectivity index (χ0v) is 12.4. The van der Waals surface area contributed by atoms with E-state index in [4.69, 9.17) is 4.74 Å². The Morgan fingerprint density at radius 1 is 1.24 bits per heavy atom. The van der Waals surface area contributed by atoms with Gasteiger partial charge in [0.15, 0.2) is 0 Å². The zero-order chi connectivity index (χ0) is 13.3. The van der Waals surface area contributed by atoms with Crippen molar-refractivity contribution in [3.63, 3.8) is 0 Å². The summed E-state index contributed by atoms with van der Waals surface area (Å²) in [6.07, 6.45) is 3.37. The van der Waals surface area contributed by atoms with E-state index < -0.39 is 0 Å². The molecule has 0 bridgehead atoms. The van der Waals surface area contributed by atoms with Crippen LogP contribution in [-0.2, 0) is 4.74 Å². The van der Waals surface area contributed by atoms with Gasteiger partial charge in [0, 0.05) is 25.0 Å². The fraction of sp³-hybridized carbons (Fsp3) is 0.867. The van der Waals surface area contributed by atoms with Crippen LogP contribution in [0, 0.1) is 17.3 Å². The topological polar surface area (TPSA) is 21.3 Å². The zero-order valence-electron chi connectivity index (χ0n) is 12.4. The second-order valence-corrected chi connectivity index (χ2v) is 5.48. The molecule has 2 nitrogen and oxygen atoms in total. The summed E-state index contributed by atoms with van der Waals surface area (Å²) >= 11 is 0. The molecular weight excluding hydrogens is 210 g/mol. The summed E-state index contributed by atoms with van der Waals surface area (Å²) in [5.74, 6) is 6.58. The number of likely N-dealkylation sites (N-methyl/N-ethyl adjacent to an activating group) is 1. The van der Waals surface area contributed by atoms with Crippen molar-refractivity contribution in [1.29, 1.82) is 0 Å². The first-order valence-corrected chi connectivity index (χ1v) is 6.70. The third-order valence-electron chi connectivity index (χ3n) is 2.58. The molecule has 0 aliphatic heterocycles. The van der Waals surface area contributed by atoms with E-state index in [-0.39, 0.29) is 11.5 Å². The second kappa shape index (κ2) is 8.55. The van der Waals surface area contributed by atoms with Crippen LogP contribution >= 0.6 is 0 Å². The monoisotopic (exact) mass is 239 g/mol. The molecule has 0 amide bonds. The summed E-state index contributed by atoms with van der Waals surface area (Å²) in [5, 5.41) is 3.48. The van der Waals surface area contributed by atoms with Crippen LogP contribution in [0.25, 0.3) is 0 Å². The van der Waals surface area contributed by atoms with Gasteiger partial charge in [-0.1, -0.05) is 26.2 Å². The molecule has 0 rings (SSSR count). The molecule has 2 heteroatoms. The third kappa shape index (κ3) is 8.24. The lowest BCUT2D eigenvalue weighted by atomic mass is 9.96. The van der Waals surface area contributed by atoms with E-state index in [1.807, 2.05) is 0 Å². The maximum Gasteiger partial charge on any atom is 0.0733 e. The van der Waals surface area contributed by atoms with Crippen LogP contribution in [0.5, 0.6) is 0 Å². The quantitative estimate of drug-likeness (QED) is 0.689. The lowest BCUT2D eigenvalue weighted by molar-refractivity contribution is 0.0628. The minimum absolute atomic E-state index is 0.0874. The first-order valence-electron chi connectivity index (χ1n) is 6.70. The maximum atomic E-state index is 5.56. The van der Waals surface area contributed by atoms with Gasteiger partial charge in [-0.15, -0.1) is 5.92 Å². The van der Waals surface area contributed by atoms with E-state index in [0.717, 1.165) is 25.8 Å². The molecule has 0 aromatic rings. The van der Waals surface area contributed by atoms with Gasteiger partial charge < -0.3 is 10.1 Å². The molecule has 2 atom stereocenters. The van der Waals surface area contributed by atoms with Crippen molar-refractivity contribution in [1.82, 2.24) is 5.32 Å². The van der Waals surface area contributed by atoms with Crippen LogP contribution in [0.3, 0.4) is 0 Å². The molecule has 17 heavy (non-hydrogen) atoms. The fourth-order valence-corrected chi connectivity index (χ4v) is 1.79. The largest absolute Gasteiger partial charge is 0.380 e. The van der Waals surface area contributed by atoms with Crippen molar-refractivity contribution in [3.05, 3.63) is 0 Å². The van der Waals surface area contributed by atoms with E-state index in [0.29, 0.717) is 6.04 Å². The van der Waals surface area contributed by atoms with E-state index in [2.05, 4.69) is 51.8 Å². The van der Waals surface area contributed by atoms with Crippen molar-refractivity contribution in [2.45, 2.75) is 66.0 Å². The molecule has 0 saturated heterocycles. The molecule has 100 valence electrons. The average Bonchev–Trinajstić information content (AvgIpc) is 2.23. The molecule has 0 fully saturated rings. The molecular formula is C15H29NO. The van der Waals surface area contributed by atoms with E-state index in [9.17, 15) is 0 Å². The molecule has 0 heterocycles. The van der Waals surface area contributed by atoms with Crippen LogP contribution in [0.15, 0.2) is 0 Å². The smallest absolute Gasteiger partial charge is 0.0733 e. The summed E-state index contributed by atoms with van der Waals surface area (Å²) in [6, 6.07) is 0.347. The van der Waals surface area contributed by atoms with Gasteiger partial charge >= 0.3 is 0 Å². The Labute approximate surface area is 108 Å². The number of methoxy groups -OCH3 is 1. The van der Waals surface area contributed by atoms with Gasteiger partial charge in [0.05, 0.1) is 6.10 Å². The summed E-state index contributed by atoms with van der Waals surface area (Å²) in [6.45, 7) is 11.7. The van der Waals surface area contributed by atoms with Crippen molar-refractivity contribution in [2.24, 2.45) is 5.41 Å². The lowest BCUT2D eigenvalue weighted by Gasteiger charge is -2.25. The second-order valence-electron chi connectivity index (χ2n) is 5.48. The summed E-state index contributed by atoms with van der Waals surface area (Å²) < 4.78 is 5.56. The Balaban J connectivity index is 4.44. The molecule has 1 N–H and O–H groups in total. The van der Waals surface area contributed by atoms with Crippen LogP contribution in [-0.4, -0.2) is 25.8 Å². The Bertz CT molecular complexity index is 244. The first-order chi connectivity index (χ1) is 7.94. The number of ether oxygens (including phenoxy) is 1. The van der Waals surface area contributed by atoms with Gasteiger partial charge in [-0.25, -0.2) is 0 Å². The number of rotatable bonds is 7. The highest BCUT2D eigenvalue weighted by atomic mass is 16.5. The van der Waals surface area contributed by atoms with Crippen molar-refractivity contribution < 1.29 is 4.74 Å². The minimum Gasteiger partial charge on any atom is -0.380 e. The van der Waals surface area contributed by atoms with Gasteiger partial charge in [0.2, 0.25) is 0 Å². The molecule has 0 aromatic heterocycles. The molecule has 0 saturated carbocycles. The van der Waals surface area contributed by atoms with Gasteiger partial charge in [0.25, 0.3) is 0 Å². The highest BCUT2D eigenvalue weighted by Gasteiger charge is 2.18. The first kappa shape index (κ1) is 16.5. The summed E-state index contributed by atoms with van der Waals surface area (Å²) in [5.41, 5.74) is 0.0874. The Morgan fingerprint density at radius 2 is 1.88 bits per heavy atom. The summed E-state index contributed by atoms with van der Waals surface area (Å²) in [4.78, 5) is 0. The Hall–Kier alpha value is -0.520. The van der Waals surface area contributed by atoms with E-state index in [1.54, 1.807) is 7.11 Å². The number of hydrogen-bond acceptors (Lipinski definition) is 2. The molecule has 2 unspecified atom stereocenters. The molecule has 0 aromatic carbocycles. The Kier molecular flexibility index (Phi) is 8.29. The van der Waals surface area contributed by atoms with Crippen LogP contribution in [0.4, 0.5) is 0 Å². The van der Waals surface area contributed by atoms with Crippen molar-refractivity contribution in [2.75, 3.05) is 13.7 Å². The highest BCUT2D eigenvalue weighted by molar-refractivity contribution is 5.09. The SMILES string of the molecule is CCCC(OC)C(CC#CC(C)(C)C)NCC. The molecule has 0 aliphatic carbocycles. The predicted octanol–water partition coefficient (Wildman–Crippen LogP) is 3.22. The minimum atomic E-state index is 0.0874. The van der Waals surface area contributed by atoms with Crippen molar-refractivity contribution in [3.8, 4) is 11.8 Å². The number of hydrogen-bond donors (Lipinski definition) is 1. The molecule has 0 radical (unpaired) electrons. The van der Waals surface area contributed by atoms with Crippen LogP contribution in [0.2, 0.25) is 0 Å². The van der Waals surface area contributed by atoms with Gasteiger partial charge in [-0.05, 0) is 33.7 Å². The number of nitrogens with one attached hydrogen (secondary N) is 1.